The predicted molar refractivity (Wildman–Crippen MR) is 77.2 cm³/mol. The van der Waals surface area contributed by atoms with Gasteiger partial charge in [0.05, 0.1) is 6.54 Å². The van der Waals surface area contributed by atoms with Crippen molar-refractivity contribution in [2.24, 2.45) is 5.92 Å². The first-order chi connectivity index (χ1) is 9.43. The van der Waals surface area contributed by atoms with Crippen LogP contribution >= 0.6 is 11.3 Å². The topological polar surface area (TPSA) is 78.4 Å². The van der Waals surface area contributed by atoms with E-state index >= 15 is 0 Å². The Morgan fingerprint density at radius 1 is 1.45 bits per heavy atom. The largest absolute Gasteiger partial charge is 0.382 e. The number of carbonyl (C=O) groups excluding carboxylic acids is 2. The van der Waals surface area contributed by atoms with Gasteiger partial charge >= 0.3 is 11.8 Å². The minimum Gasteiger partial charge on any atom is -0.382 e. The van der Waals surface area contributed by atoms with E-state index in [1.54, 1.807) is 13.8 Å². The average molecular weight is 296 g/mol. The van der Waals surface area contributed by atoms with Gasteiger partial charge in [-0.25, -0.2) is 0 Å². The van der Waals surface area contributed by atoms with Crippen LogP contribution in [0.15, 0.2) is 17.5 Å². The maximum atomic E-state index is 11.7. The fourth-order valence-electron chi connectivity index (χ4n) is 2.14. The molecule has 1 atom stereocenters. The number of aliphatic hydroxyl groups is 1. The number of rotatable bonds is 5. The highest BCUT2D eigenvalue weighted by Crippen LogP contribution is 2.46. The van der Waals surface area contributed by atoms with E-state index in [2.05, 4.69) is 10.6 Å². The Morgan fingerprint density at radius 3 is 2.65 bits per heavy atom. The summed E-state index contributed by atoms with van der Waals surface area (Å²) < 4.78 is 0. The van der Waals surface area contributed by atoms with Gasteiger partial charge in [-0.3, -0.25) is 9.59 Å². The fraction of sp³-hybridized carbons (Fsp3) is 0.571. The Morgan fingerprint density at radius 2 is 2.15 bits per heavy atom. The van der Waals surface area contributed by atoms with Crippen LogP contribution in [0.5, 0.6) is 0 Å². The zero-order chi connectivity index (χ0) is 14.8. The summed E-state index contributed by atoms with van der Waals surface area (Å²) in [4.78, 5) is 24.1. The van der Waals surface area contributed by atoms with Gasteiger partial charge in [-0.1, -0.05) is 6.07 Å². The molecule has 0 spiro atoms. The van der Waals surface area contributed by atoms with Crippen LogP contribution in [0.4, 0.5) is 0 Å². The second kappa shape index (κ2) is 5.93. The molecule has 1 aliphatic carbocycles. The lowest BCUT2D eigenvalue weighted by Gasteiger charge is -2.27. The van der Waals surface area contributed by atoms with Crippen molar-refractivity contribution in [2.45, 2.75) is 38.3 Å². The number of hydrogen-bond donors (Lipinski definition) is 3. The molecule has 110 valence electrons. The Labute approximate surface area is 122 Å². The lowest BCUT2D eigenvalue weighted by Crippen LogP contribution is -2.48. The Hall–Kier alpha value is -1.40. The van der Waals surface area contributed by atoms with E-state index in [0.717, 1.165) is 17.7 Å². The van der Waals surface area contributed by atoms with Crippen LogP contribution in [-0.2, 0) is 15.2 Å². The van der Waals surface area contributed by atoms with Crippen molar-refractivity contribution in [3.63, 3.8) is 0 Å². The summed E-state index contributed by atoms with van der Waals surface area (Å²) in [6.45, 7) is 3.65. The molecular formula is C14H20N2O3S. The van der Waals surface area contributed by atoms with Gasteiger partial charge in [-0.05, 0) is 44.1 Å². The van der Waals surface area contributed by atoms with Crippen LogP contribution < -0.4 is 10.6 Å². The molecule has 1 heterocycles. The average Bonchev–Trinajstić information content (AvgIpc) is 3.10. The number of carbonyl (C=O) groups is 2. The Bertz CT molecular complexity index is 483. The highest BCUT2D eigenvalue weighted by atomic mass is 32.1. The summed E-state index contributed by atoms with van der Waals surface area (Å²) >= 11 is 1.47. The molecular weight excluding hydrogens is 276 g/mol. The maximum absolute atomic E-state index is 11.7. The van der Waals surface area contributed by atoms with Crippen LogP contribution in [-0.4, -0.2) is 29.5 Å². The zero-order valence-electron chi connectivity index (χ0n) is 11.7. The molecule has 0 radical (unpaired) electrons. The number of amides is 2. The van der Waals surface area contributed by atoms with E-state index in [0.29, 0.717) is 0 Å². The molecule has 6 heteroatoms. The number of thiophene rings is 1. The van der Waals surface area contributed by atoms with Gasteiger partial charge in [0.2, 0.25) is 0 Å². The Kier molecular flexibility index (Phi) is 4.45. The van der Waals surface area contributed by atoms with Gasteiger partial charge in [0.1, 0.15) is 5.60 Å². The van der Waals surface area contributed by atoms with Crippen molar-refractivity contribution in [2.75, 3.05) is 6.54 Å². The molecule has 1 fully saturated rings. The van der Waals surface area contributed by atoms with E-state index in [1.165, 1.54) is 11.3 Å². The van der Waals surface area contributed by atoms with Crippen LogP contribution in [0.2, 0.25) is 0 Å². The SMILES string of the molecule is CC(C)NC(=O)C(=O)NC[C@](O)(c1cccs1)C1CC1. The van der Waals surface area contributed by atoms with Gasteiger partial charge in [-0.2, -0.15) is 0 Å². The first-order valence-corrected chi connectivity index (χ1v) is 7.66. The maximum Gasteiger partial charge on any atom is 0.309 e. The van der Waals surface area contributed by atoms with Gasteiger partial charge in [0.25, 0.3) is 0 Å². The van der Waals surface area contributed by atoms with Gasteiger partial charge in [0.15, 0.2) is 0 Å². The van der Waals surface area contributed by atoms with E-state index in [9.17, 15) is 14.7 Å². The van der Waals surface area contributed by atoms with Gasteiger partial charge in [0, 0.05) is 10.9 Å². The Balaban J connectivity index is 1.97. The summed E-state index contributed by atoms with van der Waals surface area (Å²) in [7, 11) is 0. The second-order valence-electron chi connectivity index (χ2n) is 5.49. The predicted octanol–water partition coefficient (Wildman–Crippen LogP) is 0.987. The lowest BCUT2D eigenvalue weighted by atomic mass is 9.95. The molecule has 0 aromatic carbocycles. The minimum atomic E-state index is -1.05. The molecule has 2 amide bonds. The van der Waals surface area contributed by atoms with Crippen LogP contribution in [0.3, 0.4) is 0 Å². The number of hydrogen-bond acceptors (Lipinski definition) is 4. The van der Waals surface area contributed by atoms with Gasteiger partial charge < -0.3 is 15.7 Å². The first-order valence-electron chi connectivity index (χ1n) is 6.78. The smallest absolute Gasteiger partial charge is 0.309 e. The fourth-order valence-corrected chi connectivity index (χ4v) is 3.05. The molecule has 1 aliphatic rings. The highest BCUT2D eigenvalue weighted by molar-refractivity contribution is 7.10. The van der Waals surface area contributed by atoms with Crippen molar-refractivity contribution in [3.8, 4) is 0 Å². The van der Waals surface area contributed by atoms with Crippen LogP contribution in [0.25, 0.3) is 0 Å². The molecule has 3 N–H and O–H groups in total. The summed E-state index contributed by atoms with van der Waals surface area (Å²) in [5, 5.41) is 17.8. The molecule has 1 aromatic rings. The standard InChI is InChI=1S/C14H20N2O3S/c1-9(2)16-13(18)12(17)15-8-14(19,10-5-6-10)11-4-3-7-20-11/h3-4,7,9-10,19H,5-6,8H2,1-2H3,(H,15,17)(H,16,18)/t14-/m1/s1. The molecule has 1 aromatic heterocycles. The van der Waals surface area contributed by atoms with Crippen molar-refractivity contribution >= 4 is 23.2 Å². The summed E-state index contributed by atoms with van der Waals surface area (Å²) in [6, 6.07) is 3.65. The quantitative estimate of drug-likeness (QED) is 0.709. The molecule has 20 heavy (non-hydrogen) atoms. The van der Waals surface area contributed by atoms with Crippen molar-refractivity contribution in [3.05, 3.63) is 22.4 Å². The molecule has 0 saturated heterocycles. The number of nitrogens with one attached hydrogen (secondary N) is 2. The van der Waals surface area contributed by atoms with Crippen LogP contribution in [0.1, 0.15) is 31.6 Å². The van der Waals surface area contributed by atoms with Gasteiger partial charge in [-0.15, -0.1) is 11.3 Å². The minimum absolute atomic E-state index is 0.0720. The molecule has 5 nitrogen and oxygen atoms in total. The van der Waals surface area contributed by atoms with Crippen molar-refractivity contribution in [1.82, 2.24) is 10.6 Å². The van der Waals surface area contributed by atoms with E-state index in [4.69, 9.17) is 0 Å². The highest BCUT2D eigenvalue weighted by Gasteiger charge is 2.46. The second-order valence-corrected chi connectivity index (χ2v) is 6.43. The molecule has 0 aliphatic heterocycles. The molecule has 2 rings (SSSR count). The molecule has 1 saturated carbocycles. The van der Waals surface area contributed by atoms with Crippen molar-refractivity contribution in [1.29, 1.82) is 0 Å². The third kappa shape index (κ3) is 3.37. The lowest BCUT2D eigenvalue weighted by molar-refractivity contribution is -0.140. The summed E-state index contributed by atoms with van der Waals surface area (Å²) in [5.41, 5.74) is -1.05. The summed E-state index contributed by atoms with van der Waals surface area (Å²) in [6.07, 6.45) is 1.89. The third-order valence-corrected chi connectivity index (χ3v) is 4.38. The molecule has 0 unspecified atom stereocenters. The zero-order valence-corrected chi connectivity index (χ0v) is 12.5. The third-order valence-electron chi connectivity index (χ3n) is 3.35. The normalized spacial score (nSPS) is 17.6. The van der Waals surface area contributed by atoms with E-state index in [-0.39, 0.29) is 18.5 Å². The van der Waals surface area contributed by atoms with E-state index in [1.807, 2.05) is 17.5 Å². The van der Waals surface area contributed by atoms with Crippen molar-refractivity contribution < 1.29 is 14.7 Å². The monoisotopic (exact) mass is 296 g/mol. The van der Waals surface area contributed by atoms with Crippen LogP contribution in [0, 0.1) is 5.92 Å². The summed E-state index contributed by atoms with van der Waals surface area (Å²) in [5.74, 6) is -1.20. The molecule has 0 bridgehead atoms. The first kappa shape index (κ1) is 15.0. The van der Waals surface area contributed by atoms with E-state index < -0.39 is 17.4 Å².